The molecule has 0 bridgehead atoms. The maximum Gasteiger partial charge on any atom is 0.284 e. The lowest BCUT2D eigenvalue weighted by Crippen LogP contribution is -2.38. The van der Waals surface area contributed by atoms with Gasteiger partial charge in [0.05, 0.1) is 20.3 Å². The highest BCUT2D eigenvalue weighted by Crippen LogP contribution is 2.27. The molecule has 2 N–H and O–H groups in total. The predicted molar refractivity (Wildman–Crippen MR) is 125 cm³/mol. The molecule has 0 spiro atoms. The molecule has 174 valence electrons. The van der Waals surface area contributed by atoms with Crippen molar-refractivity contribution in [3.8, 4) is 0 Å². The Hall–Kier alpha value is -1.50. The van der Waals surface area contributed by atoms with E-state index in [4.69, 9.17) is 14.5 Å². The molecular weight excluding hydrogens is 378 g/mol. The summed E-state index contributed by atoms with van der Waals surface area (Å²) in [6.07, 6.45) is 12.4. The normalized spacial score (nSPS) is 24.0. The maximum atomic E-state index is 5.58. The summed E-state index contributed by atoms with van der Waals surface area (Å²) in [5, 5.41) is 6.68. The summed E-state index contributed by atoms with van der Waals surface area (Å²) in [7, 11) is 5.63. The van der Waals surface area contributed by atoms with Crippen LogP contribution in [0.1, 0.15) is 71.1 Å². The molecule has 2 saturated carbocycles. The molecule has 2 atom stereocenters. The van der Waals surface area contributed by atoms with Crippen molar-refractivity contribution in [1.82, 2.24) is 15.5 Å². The number of ether oxygens (including phenoxy) is 2. The van der Waals surface area contributed by atoms with Crippen LogP contribution in [-0.2, 0) is 9.47 Å². The molecule has 2 aliphatic rings. The van der Waals surface area contributed by atoms with Gasteiger partial charge in [0.25, 0.3) is 12.0 Å². The Kier molecular flexibility index (Phi) is 12.0. The highest BCUT2D eigenvalue weighted by atomic mass is 16.5. The molecule has 7 heteroatoms. The van der Waals surface area contributed by atoms with E-state index in [9.17, 15) is 0 Å². The summed E-state index contributed by atoms with van der Waals surface area (Å²) in [4.78, 5) is 11.9. The summed E-state index contributed by atoms with van der Waals surface area (Å²) in [6, 6.07) is 2.33. The lowest BCUT2D eigenvalue weighted by atomic mass is 9.85. The molecule has 0 aliphatic heterocycles. The quantitative estimate of drug-likeness (QED) is 0.338. The van der Waals surface area contributed by atoms with Gasteiger partial charge in [-0.15, -0.1) is 0 Å². The standard InChI is InChI=1S/C23H45N5O2/c1-5-24-22(29-3)25-15-10-16-28(2)18-19-11-9-14-21(17-19)27-23(30-4)26-20-12-7-6-8-13-20/h19-21H,5-18H2,1-4H3,(H,24,25)(H,26,27). The molecule has 2 fully saturated rings. The van der Waals surface area contributed by atoms with Crippen LogP contribution in [0.15, 0.2) is 9.98 Å². The molecule has 2 aliphatic carbocycles. The first-order valence-electron chi connectivity index (χ1n) is 12.0. The van der Waals surface area contributed by atoms with Crippen molar-refractivity contribution in [2.24, 2.45) is 15.9 Å². The number of hydrogen-bond donors (Lipinski definition) is 2. The van der Waals surface area contributed by atoms with Gasteiger partial charge in [0.2, 0.25) is 0 Å². The topological polar surface area (TPSA) is 70.5 Å². The first-order valence-corrected chi connectivity index (χ1v) is 12.0. The average Bonchev–Trinajstić information content (AvgIpc) is 2.76. The Morgan fingerprint density at radius 2 is 1.77 bits per heavy atom. The Morgan fingerprint density at radius 1 is 1.00 bits per heavy atom. The van der Waals surface area contributed by atoms with Crippen LogP contribution in [0.25, 0.3) is 0 Å². The number of hydrogen-bond acceptors (Lipinski definition) is 5. The average molecular weight is 424 g/mol. The summed E-state index contributed by atoms with van der Waals surface area (Å²) >= 11 is 0. The molecular formula is C23H45N5O2. The number of nitrogens with zero attached hydrogens (tertiary/aromatic N) is 3. The zero-order chi connectivity index (χ0) is 21.6. The van der Waals surface area contributed by atoms with Crippen molar-refractivity contribution in [3.63, 3.8) is 0 Å². The molecule has 2 unspecified atom stereocenters. The van der Waals surface area contributed by atoms with Gasteiger partial charge in [-0.2, -0.15) is 0 Å². The van der Waals surface area contributed by atoms with Crippen molar-refractivity contribution in [3.05, 3.63) is 0 Å². The lowest BCUT2D eigenvalue weighted by molar-refractivity contribution is 0.219. The third-order valence-corrected chi connectivity index (χ3v) is 6.23. The Labute approximate surface area is 184 Å². The lowest BCUT2D eigenvalue weighted by Gasteiger charge is -2.31. The number of rotatable bonds is 9. The minimum absolute atomic E-state index is 0.386. The first-order chi connectivity index (χ1) is 14.6. The van der Waals surface area contributed by atoms with E-state index in [-0.39, 0.29) is 0 Å². The van der Waals surface area contributed by atoms with E-state index < -0.39 is 0 Å². The fourth-order valence-electron chi connectivity index (χ4n) is 4.68. The smallest absolute Gasteiger partial charge is 0.284 e. The molecule has 0 aromatic heterocycles. The first kappa shape index (κ1) is 24.8. The summed E-state index contributed by atoms with van der Waals surface area (Å²) in [5.74, 6) is 0.713. The Bertz CT molecular complexity index is 520. The highest BCUT2D eigenvalue weighted by Gasteiger charge is 2.24. The summed E-state index contributed by atoms with van der Waals surface area (Å²) < 4.78 is 10.8. The third kappa shape index (κ3) is 9.54. The van der Waals surface area contributed by atoms with E-state index in [1.54, 1.807) is 14.2 Å². The highest BCUT2D eigenvalue weighted by molar-refractivity contribution is 5.74. The molecule has 0 amide bonds. The molecule has 0 saturated heterocycles. The van der Waals surface area contributed by atoms with Gasteiger partial charge in [-0.05, 0) is 65.0 Å². The van der Waals surface area contributed by atoms with Gasteiger partial charge in [0.15, 0.2) is 0 Å². The monoisotopic (exact) mass is 423 g/mol. The van der Waals surface area contributed by atoms with Gasteiger partial charge in [0.1, 0.15) is 0 Å². The van der Waals surface area contributed by atoms with Gasteiger partial charge in [-0.25, -0.2) is 9.98 Å². The van der Waals surface area contributed by atoms with Crippen molar-refractivity contribution in [2.75, 3.05) is 47.4 Å². The minimum atomic E-state index is 0.386. The van der Waals surface area contributed by atoms with Crippen LogP contribution in [-0.4, -0.2) is 76.5 Å². The van der Waals surface area contributed by atoms with Crippen LogP contribution in [0.2, 0.25) is 0 Å². The number of methoxy groups -OCH3 is 2. The summed E-state index contributed by atoms with van der Waals surface area (Å²) in [6.45, 7) is 5.87. The van der Waals surface area contributed by atoms with Crippen molar-refractivity contribution >= 4 is 12.0 Å². The van der Waals surface area contributed by atoms with Gasteiger partial charge in [-0.3, -0.25) is 0 Å². The van der Waals surface area contributed by atoms with E-state index in [1.165, 1.54) is 51.4 Å². The SMILES string of the molecule is CCN/C(=N/CCCN(C)CC1CCCC(/N=C(/NC2CCCCC2)OC)C1)OC. The second-order valence-electron chi connectivity index (χ2n) is 8.84. The van der Waals surface area contributed by atoms with Gasteiger partial charge < -0.3 is 25.0 Å². The van der Waals surface area contributed by atoms with Gasteiger partial charge >= 0.3 is 0 Å². The van der Waals surface area contributed by atoms with Crippen LogP contribution in [0, 0.1) is 5.92 Å². The summed E-state index contributed by atoms with van der Waals surface area (Å²) in [5.41, 5.74) is 0. The molecule has 7 nitrogen and oxygen atoms in total. The fraction of sp³-hybridized carbons (Fsp3) is 0.913. The van der Waals surface area contributed by atoms with Crippen LogP contribution >= 0.6 is 0 Å². The number of aliphatic imine (C=N–C) groups is 2. The molecule has 30 heavy (non-hydrogen) atoms. The second-order valence-corrected chi connectivity index (χ2v) is 8.84. The van der Waals surface area contributed by atoms with Crippen LogP contribution in [0.4, 0.5) is 0 Å². The van der Waals surface area contributed by atoms with Crippen molar-refractivity contribution in [2.45, 2.75) is 83.2 Å². The zero-order valence-corrected chi connectivity index (χ0v) is 19.8. The van der Waals surface area contributed by atoms with Crippen LogP contribution in [0.3, 0.4) is 0 Å². The number of amidine groups is 2. The Balaban J connectivity index is 1.72. The number of nitrogens with one attached hydrogen (secondary N) is 2. The third-order valence-electron chi connectivity index (χ3n) is 6.23. The molecule has 2 rings (SSSR count). The van der Waals surface area contributed by atoms with E-state index in [1.807, 2.05) is 6.92 Å². The van der Waals surface area contributed by atoms with Crippen LogP contribution < -0.4 is 10.6 Å². The second kappa shape index (κ2) is 14.5. The van der Waals surface area contributed by atoms with E-state index >= 15 is 0 Å². The molecule has 0 heterocycles. The van der Waals surface area contributed by atoms with Crippen LogP contribution in [0.5, 0.6) is 0 Å². The molecule has 0 radical (unpaired) electrons. The van der Waals surface area contributed by atoms with E-state index in [0.29, 0.717) is 24.0 Å². The van der Waals surface area contributed by atoms with Gasteiger partial charge in [0, 0.05) is 25.7 Å². The largest absolute Gasteiger partial charge is 0.469 e. The minimum Gasteiger partial charge on any atom is -0.469 e. The van der Waals surface area contributed by atoms with Gasteiger partial charge in [-0.1, -0.05) is 25.7 Å². The maximum absolute atomic E-state index is 5.58. The van der Waals surface area contributed by atoms with E-state index in [2.05, 4.69) is 27.6 Å². The van der Waals surface area contributed by atoms with E-state index in [0.717, 1.165) is 45.0 Å². The van der Waals surface area contributed by atoms with Crippen molar-refractivity contribution in [1.29, 1.82) is 0 Å². The fourth-order valence-corrected chi connectivity index (χ4v) is 4.68. The molecule has 0 aromatic carbocycles. The van der Waals surface area contributed by atoms with Crippen molar-refractivity contribution < 1.29 is 9.47 Å². The molecule has 0 aromatic rings. The zero-order valence-electron chi connectivity index (χ0n) is 19.8. The Morgan fingerprint density at radius 3 is 2.47 bits per heavy atom. The predicted octanol–water partition coefficient (Wildman–Crippen LogP) is 3.40.